The highest BCUT2D eigenvalue weighted by atomic mass is 16.5. The van der Waals surface area contributed by atoms with E-state index in [0.29, 0.717) is 32.6 Å². The molecule has 2 aliphatic heterocycles. The molecule has 18 heavy (non-hydrogen) atoms. The maximum atomic E-state index is 12.1. The molecule has 0 aliphatic carbocycles. The summed E-state index contributed by atoms with van der Waals surface area (Å²) in [5, 5.41) is 11.9. The van der Waals surface area contributed by atoms with Crippen LogP contribution < -0.4 is 5.32 Å². The van der Waals surface area contributed by atoms with Gasteiger partial charge in [-0.3, -0.25) is 4.79 Å². The lowest BCUT2D eigenvalue weighted by Crippen LogP contribution is -2.52. The van der Waals surface area contributed by atoms with Gasteiger partial charge in [0.25, 0.3) is 0 Å². The van der Waals surface area contributed by atoms with Crippen LogP contribution in [-0.2, 0) is 9.53 Å². The molecule has 3 atom stereocenters. The largest absolute Gasteiger partial charge is 0.481 e. The van der Waals surface area contributed by atoms with Gasteiger partial charge in [0.05, 0.1) is 18.6 Å². The second-order valence-electron chi connectivity index (χ2n) is 5.11. The van der Waals surface area contributed by atoms with Crippen LogP contribution in [0.3, 0.4) is 0 Å². The van der Waals surface area contributed by atoms with Crippen molar-refractivity contribution in [2.24, 2.45) is 5.92 Å². The minimum Gasteiger partial charge on any atom is -0.481 e. The Morgan fingerprint density at radius 3 is 2.72 bits per heavy atom. The Hall–Kier alpha value is -1.30. The molecule has 2 amide bonds. The summed E-state index contributed by atoms with van der Waals surface area (Å²) in [5.74, 6) is -1.08. The number of hydrogen-bond donors (Lipinski definition) is 2. The zero-order chi connectivity index (χ0) is 13.1. The number of aliphatic carboxylic acids is 1. The molecule has 2 N–H and O–H groups in total. The van der Waals surface area contributed by atoms with Crippen LogP contribution in [0.4, 0.5) is 4.79 Å². The minimum atomic E-state index is -0.758. The first kappa shape index (κ1) is 13.1. The molecule has 3 unspecified atom stereocenters. The van der Waals surface area contributed by atoms with E-state index in [-0.39, 0.29) is 24.0 Å². The minimum absolute atomic E-state index is 0.0258. The van der Waals surface area contributed by atoms with E-state index in [1.807, 2.05) is 6.92 Å². The van der Waals surface area contributed by atoms with Gasteiger partial charge in [-0.1, -0.05) is 0 Å². The highest BCUT2D eigenvalue weighted by Gasteiger charge is 2.33. The van der Waals surface area contributed by atoms with Crippen molar-refractivity contribution in [1.29, 1.82) is 0 Å². The normalized spacial score (nSPS) is 32.3. The van der Waals surface area contributed by atoms with E-state index < -0.39 is 5.97 Å². The number of nitrogens with zero attached hydrogens (tertiary/aromatic N) is 1. The van der Waals surface area contributed by atoms with E-state index in [9.17, 15) is 9.59 Å². The van der Waals surface area contributed by atoms with Crippen molar-refractivity contribution in [1.82, 2.24) is 10.2 Å². The van der Waals surface area contributed by atoms with Crippen molar-refractivity contribution in [2.75, 3.05) is 19.8 Å². The molecule has 2 rings (SSSR count). The Labute approximate surface area is 106 Å². The topological polar surface area (TPSA) is 78.9 Å². The number of rotatable bonds is 2. The first-order valence-electron chi connectivity index (χ1n) is 6.45. The van der Waals surface area contributed by atoms with Crippen LogP contribution in [0.25, 0.3) is 0 Å². The number of likely N-dealkylation sites (tertiary alicyclic amines) is 1. The molecule has 6 heteroatoms. The summed E-state index contributed by atoms with van der Waals surface area (Å²) in [5.41, 5.74) is 0. The summed E-state index contributed by atoms with van der Waals surface area (Å²) in [6.07, 6.45) is 1.92. The SMILES string of the molecule is CC1CC(C(=O)O)CCN1C(=O)NC1CCOC1. The average molecular weight is 256 g/mol. The molecule has 2 aliphatic rings. The van der Waals surface area contributed by atoms with E-state index >= 15 is 0 Å². The van der Waals surface area contributed by atoms with Gasteiger partial charge in [0.1, 0.15) is 0 Å². The second kappa shape index (κ2) is 5.56. The number of carboxylic acid groups (broad SMARTS) is 1. The van der Waals surface area contributed by atoms with Crippen molar-refractivity contribution in [3.8, 4) is 0 Å². The van der Waals surface area contributed by atoms with Gasteiger partial charge in [0, 0.05) is 19.2 Å². The third-order valence-corrected chi connectivity index (χ3v) is 3.74. The molecule has 6 nitrogen and oxygen atoms in total. The van der Waals surface area contributed by atoms with Crippen molar-refractivity contribution < 1.29 is 19.4 Å². The number of carboxylic acids is 1. The molecule has 2 saturated heterocycles. The lowest BCUT2D eigenvalue weighted by atomic mass is 9.92. The Bertz CT molecular complexity index is 328. The number of ether oxygens (including phenoxy) is 1. The Morgan fingerprint density at radius 1 is 1.39 bits per heavy atom. The summed E-state index contributed by atoms with van der Waals surface area (Å²) < 4.78 is 5.21. The first-order chi connectivity index (χ1) is 8.58. The monoisotopic (exact) mass is 256 g/mol. The lowest BCUT2D eigenvalue weighted by Gasteiger charge is -2.36. The fraction of sp³-hybridized carbons (Fsp3) is 0.833. The molecule has 0 spiro atoms. The predicted molar refractivity (Wildman–Crippen MR) is 64.3 cm³/mol. The molecular weight excluding hydrogens is 236 g/mol. The molecule has 102 valence electrons. The molecular formula is C12H20N2O4. The quantitative estimate of drug-likeness (QED) is 0.761. The summed E-state index contributed by atoms with van der Waals surface area (Å²) >= 11 is 0. The maximum Gasteiger partial charge on any atom is 0.317 e. The molecule has 0 aromatic heterocycles. The molecule has 0 aromatic carbocycles. The molecule has 0 radical (unpaired) electrons. The van der Waals surface area contributed by atoms with E-state index in [2.05, 4.69) is 5.32 Å². The van der Waals surface area contributed by atoms with Crippen LogP contribution in [-0.4, -0.2) is 53.8 Å². The van der Waals surface area contributed by atoms with Crippen molar-refractivity contribution in [3.05, 3.63) is 0 Å². The van der Waals surface area contributed by atoms with E-state index in [1.54, 1.807) is 4.90 Å². The predicted octanol–water partition coefficient (Wildman–Crippen LogP) is 0.670. The summed E-state index contributed by atoms with van der Waals surface area (Å²) in [7, 11) is 0. The van der Waals surface area contributed by atoms with Gasteiger partial charge < -0.3 is 20.1 Å². The van der Waals surface area contributed by atoms with Gasteiger partial charge in [-0.2, -0.15) is 0 Å². The zero-order valence-corrected chi connectivity index (χ0v) is 10.6. The maximum absolute atomic E-state index is 12.1. The van der Waals surface area contributed by atoms with Crippen LogP contribution >= 0.6 is 0 Å². The van der Waals surface area contributed by atoms with Gasteiger partial charge >= 0.3 is 12.0 Å². The number of carbonyl (C=O) groups excluding carboxylic acids is 1. The molecule has 2 heterocycles. The Kier molecular flexibility index (Phi) is 4.06. The van der Waals surface area contributed by atoms with E-state index in [0.717, 1.165) is 6.42 Å². The number of hydrogen-bond acceptors (Lipinski definition) is 3. The molecule has 0 aromatic rings. The summed E-state index contributed by atoms with van der Waals surface area (Å²) in [6.45, 7) is 3.69. The smallest absolute Gasteiger partial charge is 0.317 e. The number of carbonyl (C=O) groups is 2. The highest BCUT2D eigenvalue weighted by Crippen LogP contribution is 2.23. The van der Waals surface area contributed by atoms with Gasteiger partial charge in [-0.25, -0.2) is 4.79 Å². The third-order valence-electron chi connectivity index (χ3n) is 3.74. The fourth-order valence-electron chi connectivity index (χ4n) is 2.60. The van der Waals surface area contributed by atoms with E-state index in [1.165, 1.54) is 0 Å². The van der Waals surface area contributed by atoms with Crippen LogP contribution in [0.2, 0.25) is 0 Å². The first-order valence-corrected chi connectivity index (χ1v) is 6.45. The van der Waals surface area contributed by atoms with E-state index in [4.69, 9.17) is 9.84 Å². The van der Waals surface area contributed by atoms with Crippen molar-refractivity contribution in [3.63, 3.8) is 0 Å². The van der Waals surface area contributed by atoms with Crippen molar-refractivity contribution >= 4 is 12.0 Å². The lowest BCUT2D eigenvalue weighted by molar-refractivity contribution is -0.143. The standard InChI is InChI=1S/C12H20N2O4/c1-8-6-9(11(15)16)2-4-14(8)12(17)13-10-3-5-18-7-10/h8-10H,2-7H2,1H3,(H,13,17)(H,15,16). The van der Waals surface area contributed by atoms with Gasteiger partial charge in [-0.15, -0.1) is 0 Å². The van der Waals surface area contributed by atoms with Crippen LogP contribution in [0, 0.1) is 5.92 Å². The van der Waals surface area contributed by atoms with Crippen LogP contribution in [0.5, 0.6) is 0 Å². The van der Waals surface area contributed by atoms with Gasteiger partial charge in [-0.05, 0) is 26.2 Å². The molecule has 0 saturated carbocycles. The fourth-order valence-corrected chi connectivity index (χ4v) is 2.60. The van der Waals surface area contributed by atoms with Gasteiger partial charge in [0.2, 0.25) is 0 Å². The number of nitrogens with one attached hydrogen (secondary N) is 1. The third kappa shape index (κ3) is 2.93. The van der Waals surface area contributed by atoms with Crippen LogP contribution in [0.1, 0.15) is 26.2 Å². The second-order valence-corrected chi connectivity index (χ2v) is 5.11. The molecule has 0 bridgehead atoms. The molecule has 2 fully saturated rings. The number of amides is 2. The Morgan fingerprint density at radius 2 is 2.17 bits per heavy atom. The Balaban J connectivity index is 1.85. The number of piperidine rings is 1. The number of urea groups is 1. The highest BCUT2D eigenvalue weighted by molar-refractivity contribution is 5.76. The summed E-state index contributed by atoms with van der Waals surface area (Å²) in [4.78, 5) is 24.7. The van der Waals surface area contributed by atoms with Crippen molar-refractivity contribution in [2.45, 2.75) is 38.3 Å². The summed E-state index contributed by atoms with van der Waals surface area (Å²) in [6, 6.07) is -0.0223. The van der Waals surface area contributed by atoms with Gasteiger partial charge in [0.15, 0.2) is 0 Å². The average Bonchev–Trinajstić information content (AvgIpc) is 2.81. The van der Waals surface area contributed by atoms with Crippen LogP contribution in [0.15, 0.2) is 0 Å². The zero-order valence-electron chi connectivity index (χ0n) is 10.6.